The molecule has 0 aliphatic heterocycles. The van der Waals surface area contributed by atoms with Gasteiger partial charge in [0.1, 0.15) is 0 Å². The number of carbonyl (C=O) groups is 1. The first kappa shape index (κ1) is 16.8. The number of halogens is 1. The lowest BCUT2D eigenvalue weighted by Gasteiger charge is -2.07. The van der Waals surface area contributed by atoms with Crippen LogP contribution in [-0.4, -0.2) is 22.9 Å². The second-order valence-corrected chi connectivity index (χ2v) is 4.52. The summed E-state index contributed by atoms with van der Waals surface area (Å²) in [7, 11) is 1.25. The van der Waals surface area contributed by atoms with E-state index in [2.05, 4.69) is 5.32 Å². The molecule has 24 heavy (non-hydrogen) atoms. The number of nitrogens with zero attached hydrogens (tertiary/aromatic N) is 2. The summed E-state index contributed by atoms with van der Waals surface area (Å²) < 4.78 is 18.1. The summed E-state index contributed by atoms with van der Waals surface area (Å²) in [6.45, 7) is 0. The van der Waals surface area contributed by atoms with Gasteiger partial charge in [0.2, 0.25) is 5.82 Å². The van der Waals surface area contributed by atoms with E-state index in [1.54, 1.807) is 0 Å². The minimum atomic E-state index is -1.04. The lowest BCUT2D eigenvalue weighted by molar-refractivity contribution is -0.387. The maximum atomic E-state index is 13.3. The molecule has 2 aromatic carbocycles. The van der Waals surface area contributed by atoms with Crippen LogP contribution in [0.1, 0.15) is 10.4 Å². The van der Waals surface area contributed by atoms with E-state index in [1.165, 1.54) is 19.2 Å². The van der Waals surface area contributed by atoms with Crippen molar-refractivity contribution in [3.05, 3.63) is 68.0 Å². The zero-order chi connectivity index (χ0) is 17.9. The first-order valence-electron chi connectivity index (χ1n) is 6.41. The maximum absolute atomic E-state index is 13.3. The summed E-state index contributed by atoms with van der Waals surface area (Å²) in [5.41, 5.74) is -1.29. The number of ether oxygens (including phenoxy) is 1. The molecule has 0 heterocycles. The molecule has 0 bridgehead atoms. The molecule has 0 aliphatic carbocycles. The van der Waals surface area contributed by atoms with Gasteiger partial charge in [0.15, 0.2) is 5.75 Å². The number of benzene rings is 2. The first-order chi connectivity index (χ1) is 11.3. The summed E-state index contributed by atoms with van der Waals surface area (Å²) in [6.07, 6.45) is 0. The number of hydrogen-bond donors (Lipinski definition) is 1. The van der Waals surface area contributed by atoms with Crippen molar-refractivity contribution in [3.8, 4) is 5.75 Å². The van der Waals surface area contributed by atoms with Crippen LogP contribution >= 0.6 is 0 Å². The average Bonchev–Trinajstić information content (AvgIpc) is 2.55. The smallest absolute Gasteiger partial charge is 0.311 e. The Morgan fingerprint density at radius 1 is 1.08 bits per heavy atom. The Balaban J connectivity index is 2.30. The molecule has 0 aliphatic rings. The van der Waals surface area contributed by atoms with Crippen LogP contribution < -0.4 is 10.1 Å². The molecule has 0 saturated carbocycles. The van der Waals surface area contributed by atoms with Crippen LogP contribution in [0, 0.1) is 26.0 Å². The summed E-state index contributed by atoms with van der Waals surface area (Å²) in [5.74, 6) is -1.81. The second kappa shape index (κ2) is 6.69. The third-order valence-electron chi connectivity index (χ3n) is 3.04. The molecule has 0 unspecified atom stereocenters. The molecule has 0 fully saturated rings. The maximum Gasteiger partial charge on any atom is 0.311 e. The van der Waals surface area contributed by atoms with Gasteiger partial charge in [-0.25, -0.2) is 0 Å². The van der Waals surface area contributed by atoms with E-state index in [4.69, 9.17) is 4.74 Å². The third-order valence-corrected chi connectivity index (χ3v) is 3.04. The fourth-order valence-corrected chi connectivity index (χ4v) is 1.91. The molecular weight excluding hydrogens is 325 g/mol. The van der Waals surface area contributed by atoms with Gasteiger partial charge < -0.3 is 10.1 Å². The van der Waals surface area contributed by atoms with Gasteiger partial charge in [-0.15, -0.1) is 0 Å². The molecule has 0 spiro atoms. The van der Waals surface area contributed by atoms with E-state index in [0.717, 1.165) is 24.3 Å². The number of rotatable bonds is 5. The summed E-state index contributed by atoms with van der Waals surface area (Å²) in [4.78, 5) is 32.1. The topological polar surface area (TPSA) is 125 Å². The van der Waals surface area contributed by atoms with E-state index < -0.39 is 32.9 Å². The van der Waals surface area contributed by atoms with Crippen LogP contribution in [0.5, 0.6) is 5.75 Å². The van der Waals surface area contributed by atoms with Gasteiger partial charge in [-0.2, -0.15) is 4.39 Å². The minimum absolute atomic E-state index is 0.0195. The quantitative estimate of drug-likeness (QED) is 0.661. The molecule has 0 atom stereocenters. The molecule has 9 nitrogen and oxygen atoms in total. The monoisotopic (exact) mass is 335 g/mol. The average molecular weight is 335 g/mol. The molecule has 124 valence electrons. The highest BCUT2D eigenvalue weighted by atomic mass is 19.1. The van der Waals surface area contributed by atoms with Crippen LogP contribution in [0.2, 0.25) is 0 Å². The Morgan fingerprint density at radius 2 is 1.75 bits per heavy atom. The standard InChI is InChI=1S/C14H10FN3O6/c1-24-13-5-2-8(6-12(13)18(22)23)14(19)16-9-3-4-10(15)11(7-9)17(20)21/h2-7H,1H3,(H,16,19). The van der Waals surface area contributed by atoms with Gasteiger partial charge in [0, 0.05) is 23.4 Å². The van der Waals surface area contributed by atoms with Crippen molar-refractivity contribution in [2.24, 2.45) is 0 Å². The van der Waals surface area contributed by atoms with E-state index >= 15 is 0 Å². The highest BCUT2D eigenvalue weighted by Crippen LogP contribution is 2.28. The van der Waals surface area contributed by atoms with Crippen molar-refractivity contribution < 1.29 is 23.8 Å². The lowest BCUT2D eigenvalue weighted by Crippen LogP contribution is -2.12. The van der Waals surface area contributed by atoms with Crippen molar-refractivity contribution >= 4 is 23.0 Å². The molecule has 0 aromatic heterocycles. The predicted molar refractivity (Wildman–Crippen MR) is 80.7 cm³/mol. The summed E-state index contributed by atoms with van der Waals surface area (Å²) in [6, 6.07) is 6.37. The van der Waals surface area contributed by atoms with E-state index in [-0.39, 0.29) is 17.0 Å². The summed E-state index contributed by atoms with van der Waals surface area (Å²) >= 11 is 0. The van der Waals surface area contributed by atoms with Gasteiger partial charge in [-0.1, -0.05) is 0 Å². The molecule has 10 heteroatoms. The molecule has 0 saturated heterocycles. The Kier molecular flexibility index (Phi) is 4.68. The number of anilines is 1. The van der Waals surface area contributed by atoms with Gasteiger partial charge >= 0.3 is 11.4 Å². The van der Waals surface area contributed by atoms with Crippen LogP contribution in [0.15, 0.2) is 36.4 Å². The Bertz CT molecular complexity index is 839. The molecule has 1 amide bonds. The number of carbonyl (C=O) groups excluding carboxylic acids is 1. The van der Waals surface area contributed by atoms with Gasteiger partial charge in [-0.05, 0) is 24.3 Å². The summed E-state index contributed by atoms with van der Waals surface area (Å²) in [5, 5.41) is 23.9. The number of nitrogens with one attached hydrogen (secondary N) is 1. The molecule has 2 aromatic rings. The molecular formula is C14H10FN3O6. The third kappa shape index (κ3) is 3.43. The van der Waals surface area contributed by atoms with Crippen LogP contribution in [-0.2, 0) is 0 Å². The van der Waals surface area contributed by atoms with Gasteiger partial charge in [-0.3, -0.25) is 25.0 Å². The highest BCUT2D eigenvalue weighted by Gasteiger charge is 2.19. The van der Waals surface area contributed by atoms with E-state index in [9.17, 15) is 29.4 Å². The molecule has 0 radical (unpaired) electrons. The van der Waals surface area contributed by atoms with Crippen LogP contribution in [0.25, 0.3) is 0 Å². The zero-order valence-electron chi connectivity index (χ0n) is 12.2. The fourth-order valence-electron chi connectivity index (χ4n) is 1.91. The van der Waals surface area contributed by atoms with E-state index in [0.29, 0.717) is 0 Å². The Labute approximate surface area is 134 Å². The van der Waals surface area contributed by atoms with Crippen LogP contribution in [0.3, 0.4) is 0 Å². The lowest BCUT2D eigenvalue weighted by atomic mass is 10.1. The fraction of sp³-hybridized carbons (Fsp3) is 0.0714. The normalized spacial score (nSPS) is 10.1. The first-order valence-corrected chi connectivity index (χ1v) is 6.41. The molecule has 2 rings (SSSR count). The van der Waals surface area contributed by atoms with Crippen molar-refractivity contribution in [2.45, 2.75) is 0 Å². The zero-order valence-corrected chi connectivity index (χ0v) is 12.2. The number of hydrogen-bond acceptors (Lipinski definition) is 6. The largest absolute Gasteiger partial charge is 0.490 e. The number of nitro groups is 2. The van der Waals surface area contributed by atoms with Gasteiger partial charge in [0.25, 0.3) is 5.91 Å². The van der Waals surface area contributed by atoms with Crippen molar-refractivity contribution in [3.63, 3.8) is 0 Å². The van der Waals surface area contributed by atoms with Crippen LogP contribution in [0.4, 0.5) is 21.5 Å². The Hall–Kier alpha value is -3.56. The second-order valence-electron chi connectivity index (χ2n) is 4.52. The highest BCUT2D eigenvalue weighted by molar-refractivity contribution is 6.05. The van der Waals surface area contributed by atoms with Crippen molar-refractivity contribution in [1.29, 1.82) is 0 Å². The predicted octanol–water partition coefficient (Wildman–Crippen LogP) is 2.90. The van der Waals surface area contributed by atoms with Crippen molar-refractivity contribution in [1.82, 2.24) is 0 Å². The minimum Gasteiger partial charge on any atom is -0.490 e. The van der Waals surface area contributed by atoms with Crippen molar-refractivity contribution in [2.75, 3.05) is 12.4 Å². The number of amides is 1. The Morgan fingerprint density at radius 3 is 2.33 bits per heavy atom. The number of nitro benzene ring substituents is 2. The van der Waals surface area contributed by atoms with Gasteiger partial charge in [0.05, 0.1) is 17.0 Å². The molecule has 1 N–H and O–H groups in total. The number of methoxy groups -OCH3 is 1. The van der Waals surface area contributed by atoms with E-state index in [1.807, 2.05) is 0 Å². The SMILES string of the molecule is COc1ccc(C(=O)Nc2ccc(F)c([N+](=O)[O-])c2)cc1[N+](=O)[O-].